The van der Waals surface area contributed by atoms with Crippen LogP contribution in [0.5, 0.6) is 0 Å². The van der Waals surface area contributed by atoms with E-state index in [-0.39, 0.29) is 21.3 Å². The SMILES string of the molecule is Cc1c(-c2ccc(Cl)cc2[N+](=O)[O-])sc(C(=O)O)c1N. The third-order valence-electron chi connectivity index (χ3n) is 2.79. The van der Waals surface area contributed by atoms with Gasteiger partial charge in [0.2, 0.25) is 0 Å². The molecule has 0 unspecified atom stereocenters. The van der Waals surface area contributed by atoms with E-state index in [1.54, 1.807) is 6.92 Å². The van der Waals surface area contributed by atoms with Gasteiger partial charge in [0, 0.05) is 16.0 Å². The van der Waals surface area contributed by atoms with Crippen molar-refractivity contribution in [3.8, 4) is 10.4 Å². The second-order valence-electron chi connectivity index (χ2n) is 4.02. The molecule has 2 aromatic rings. The summed E-state index contributed by atoms with van der Waals surface area (Å²) in [5.41, 5.74) is 6.49. The Kier molecular flexibility index (Phi) is 3.65. The molecular formula is C12H9ClN2O4S. The van der Waals surface area contributed by atoms with Gasteiger partial charge in [-0.15, -0.1) is 11.3 Å². The first-order valence-corrected chi connectivity index (χ1v) is 6.58. The summed E-state index contributed by atoms with van der Waals surface area (Å²) in [5, 5.41) is 20.4. The maximum Gasteiger partial charge on any atom is 0.348 e. The number of halogens is 1. The molecule has 0 saturated carbocycles. The highest BCUT2D eigenvalue weighted by atomic mass is 35.5. The highest BCUT2D eigenvalue weighted by molar-refractivity contribution is 7.18. The summed E-state index contributed by atoms with van der Waals surface area (Å²) < 4.78 is 0. The molecule has 0 atom stereocenters. The molecule has 20 heavy (non-hydrogen) atoms. The number of nitro benzene ring substituents is 1. The zero-order valence-electron chi connectivity index (χ0n) is 10.2. The number of anilines is 1. The van der Waals surface area contributed by atoms with Crippen LogP contribution in [0.25, 0.3) is 10.4 Å². The van der Waals surface area contributed by atoms with E-state index in [0.29, 0.717) is 16.0 Å². The van der Waals surface area contributed by atoms with Gasteiger partial charge in [0.25, 0.3) is 5.69 Å². The molecule has 0 aliphatic rings. The number of benzene rings is 1. The number of carboxylic acids is 1. The molecule has 0 aliphatic heterocycles. The summed E-state index contributed by atoms with van der Waals surface area (Å²) in [7, 11) is 0. The molecule has 0 saturated heterocycles. The van der Waals surface area contributed by atoms with E-state index in [4.69, 9.17) is 22.4 Å². The van der Waals surface area contributed by atoms with Crippen molar-refractivity contribution in [2.75, 3.05) is 5.73 Å². The minimum atomic E-state index is -1.15. The molecule has 3 N–H and O–H groups in total. The van der Waals surface area contributed by atoms with Crippen molar-refractivity contribution < 1.29 is 14.8 Å². The van der Waals surface area contributed by atoms with Gasteiger partial charge in [0.1, 0.15) is 4.88 Å². The Balaban J connectivity index is 2.72. The van der Waals surface area contributed by atoms with E-state index in [1.165, 1.54) is 18.2 Å². The third-order valence-corrected chi connectivity index (χ3v) is 4.35. The minimum Gasteiger partial charge on any atom is -0.477 e. The van der Waals surface area contributed by atoms with Gasteiger partial charge >= 0.3 is 5.97 Å². The second kappa shape index (κ2) is 5.10. The van der Waals surface area contributed by atoms with Crippen LogP contribution in [-0.4, -0.2) is 16.0 Å². The summed E-state index contributed by atoms with van der Waals surface area (Å²) in [5.74, 6) is -1.15. The van der Waals surface area contributed by atoms with Gasteiger partial charge in [0.05, 0.1) is 16.2 Å². The van der Waals surface area contributed by atoms with Gasteiger partial charge in [-0.25, -0.2) is 4.79 Å². The number of rotatable bonds is 3. The van der Waals surface area contributed by atoms with Crippen LogP contribution in [0.3, 0.4) is 0 Å². The van der Waals surface area contributed by atoms with Crippen molar-refractivity contribution in [3.63, 3.8) is 0 Å². The first-order chi connectivity index (χ1) is 9.32. The lowest BCUT2D eigenvalue weighted by molar-refractivity contribution is -0.384. The largest absolute Gasteiger partial charge is 0.477 e. The molecule has 0 fully saturated rings. The number of thiophene rings is 1. The number of hydrogen-bond acceptors (Lipinski definition) is 5. The van der Waals surface area contributed by atoms with E-state index >= 15 is 0 Å². The summed E-state index contributed by atoms with van der Waals surface area (Å²) in [6.07, 6.45) is 0. The molecule has 1 aromatic heterocycles. The van der Waals surface area contributed by atoms with Gasteiger partial charge < -0.3 is 10.8 Å². The molecular weight excluding hydrogens is 304 g/mol. The Morgan fingerprint density at radius 3 is 2.65 bits per heavy atom. The van der Waals surface area contributed by atoms with Crippen LogP contribution >= 0.6 is 22.9 Å². The number of nitro groups is 1. The number of carboxylic acid groups (broad SMARTS) is 1. The Bertz CT molecular complexity index is 726. The lowest BCUT2D eigenvalue weighted by Crippen LogP contribution is -1.97. The third kappa shape index (κ3) is 2.33. The monoisotopic (exact) mass is 312 g/mol. The van der Waals surface area contributed by atoms with Crippen LogP contribution < -0.4 is 5.73 Å². The maximum atomic E-state index is 11.1. The molecule has 0 spiro atoms. The predicted octanol–water partition coefficient (Wildman–Crippen LogP) is 3.57. The van der Waals surface area contributed by atoms with Crippen LogP contribution in [-0.2, 0) is 0 Å². The Morgan fingerprint density at radius 1 is 1.50 bits per heavy atom. The molecule has 1 aromatic carbocycles. The first-order valence-electron chi connectivity index (χ1n) is 5.39. The average molecular weight is 313 g/mol. The molecule has 0 radical (unpaired) electrons. The van der Waals surface area contributed by atoms with Gasteiger partial charge in [0.15, 0.2) is 0 Å². The zero-order chi connectivity index (χ0) is 15.0. The topological polar surface area (TPSA) is 106 Å². The smallest absolute Gasteiger partial charge is 0.348 e. The fraction of sp³-hybridized carbons (Fsp3) is 0.0833. The van der Waals surface area contributed by atoms with Crippen molar-refractivity contribution in [3.05, 3.63) is 43.8 Å². The van der Waals surface area contributed by atoms with E-state index in [1.807, 2.05) is 0 Å². The number of aromatic carboxylic acids is 1. The highest BCUT2D eigenvalue weighted by Gasteiger charge is 2.24. The van der Waals surface area contributed by atoms with Crippen molar-refractivity contribution in [2.24, 2.45) is 0 Å². The average Bonchev–Trinajstić information content (AvgIpc) is 2.66. The Labute approximate surface area is 122 Å². The van der Waals surface area contributed by atoms with Crippen LogP contribution in [0.1, 0.15) is 15.2 Å². The lowest BCUT2D eigenvalue weighted by Gasteiger charge is -2.02. The molecule has 104 valence electrons. The summed E-state index contributed by atoms with van der Waals surface area (Å²) in [4.78, 5) is 22.0. The second-order valence-corrected chi connectivity index (χ2v) is 5.48. The van der Waals surface area contributed by atoms with Gasteiger partial charge in [-0.2, -0.15) is 0 Å². The van der Waals surface area contributed by atoms with Crippen LogP contribution in [0.2, 0.25) is 5.02 Å². The van der Waals surface area contributed by atoms with E-state index in [0.717, 1.165) is 11.3 Å². The fourth-order valence-corrected chi connectivity index (χ4v) is 3.06. The minimum absolute atomic E-state index is 0.0262. The quantitative estimate of drug-likeness (QED) is 0.665. The molecule has 1 heterocycles. The zero-order valence-corrected chi connectivity index (χ0v) is 11.8. The molecule has 8 heteroatoms. The lowest BCUT2D eigenvalue weighted by atomic mass is 10.1. The normalized spacial score (nSPS) is 10.5. The molecule has 0 amide bonds. The van der Waals surface area contributed by atoms with Crippen molar-refractivity contribution in [1.29, 1.82) is 0 Å². The Morgan fingerprint density at radius 2 is 2.15 bits per heavy atom. The van der Waals surface area contributed by atoms with Crippen LogP contribution in [0.4, 0.5) is 11.4 Å². The number of nitrogen functional groups attached to an aromatic ring is 1. The highest BCUT2D eigenvalue weighted by Crippen LogP contribution is 2.42. The predicted molar refractivity (Wildman–Crippen MR) is 77.5 cm³/mol. The summed E-state index contributed by atoms with van der Waals surface area (Å²) in [6.45, 7) is 1.63. The van der Waals surface area contributed by atoms with E-state index in [2.05, 4.69) is 0 Å². The van der Waals surface area contributed by atoms with Gasteiger partial charge in [-0.3, -0.25) is 10.1 Å². The van der Waals surface area contributed by atoms with Gasteiger partial charge in [-0.1, -0.05) is 11.6 Å². The molecule has 2 rings (SSSR count). The maximum absolute atomic E-state index is 11.1. The van der Waals surface area contributed by atoms with E-state index in [9.17, 15) is 14.9 Å². The summed E-state index contributed by atoms with van der Waals surface area (Å²) in [6, 6.07) is 4.23. The van der Waals surface area contributed by atoms with E-state index < -0.39 is 10.9 Å². The standard InChI is InChI=1S/C12H9ClN2O4S/c1-5-9(14)11(12(16)17)20-10(5)7-3-2-6(13)4-8(7)15(18)19/h2-4H,14H2,1H3,(H,16,17). The summed E-state index contributed by atoms with van der Waals surface area (Å²) >= 11 is 6.67. The first kappa shape index (κ1) is 14.3. The van der Waals surface area contributed by atoms with Crippen molar-refractivity contribution >= 4 is 40.3 Å². The molecule has 0 bridgehead atoms. The fourth-order valence-electron chi connectivity index (χ4n) is 1.79. The van der Waals surface area contributed by atoms with Crippen molar-refractivity contribution in [1.82, 2.24) is 0 Å². The van der Waals surface area contributed by atoms with Crippen molar-refractivity contribution in [2.45, 2.75) is 6.92 Å². The number of nitrogens with zero attached hydrogens (tertiary/aromatic N) is 1. The molecule has 6 nitrogen and oxygen atoms in total. The van der Waals surface area contributed by atoms with Crippen LogP contribution in [0, 0.1) is 17.0 Å². The number of nitrogens with two attached hydrogens (primary N) is 1. The number of hydrogen-bond donors (Lipinski definition) is 2. The Hall–Kier alpha value is -2.12. The van der Waals surface area contributed by atoms with Crippen LogP contribution in [0.15, 0.2) is 18.2 Å². The molecule has 0 aliphatic carbocycles. The van der Waals surface area contributed by atoms with Gasteiger partial charge in [-0.05, 0) is 24.6 Å². The number of carbonyl (C=O) groups is 1.